The van der Waals surface area contributed by atoms with Crippen molar-refractivity contribution in [3.63, 3.8) is 0 Å². The number of fused-ring (bicyclic) bond motifs is 1. The first-order chi connectivity index (χ1) is 19.4. The van der Waals surface area contributed by atoms with Crippen LogP contribution in [0.2, 0.25) is 0 Å². The maximum absolute atomic E-state index is 13.8. The maximum atomic E-state index is 13.8. The number of hydrogen-bond donors (Lipinski definition) is 0. The van der Waals surface area contributed by atoms with Crippen LogP contribution in [0.15, 0.2) is 64.0 Å². The van der Waals surface area contributed by atoms with Gasteiger partial charge in [-0.1, -0.05) is 35.6 Å². The van der Waals surface area contributed by atoms with Crippen molar-refractivity contribution in [1.82, 2.24) is 4.57 Å². The standard InChI is InChI=1S/C29H30N2O8S/c1-5-36-22-13-12-19(14-23(22)37-6-2)26-20(28(34)35-4)16-30-29-31(26)27(33)24(40-29)15-18-10-8-9-11-21(18)39-17-25(32)38-7-3/h8-16,26H,5-7,17H2,1-4H3/b24-15+/t26-/m0/s1. The van der Waals surface area contributed by atoms with Crippen LogP contribution in [0.3, 0.4) is 0 Å². The smallest absolute Gasteiger partial charge is 0.344 e. The molecule has 4 rings (SSSR count). The van der Waals surface area contributed by atoms with Gasteiger partial charge < -0.3 is 23.7 Å². The number of methoxy groups -OCH3 is 1. The Morgan fingerprint density at radius 3 is 2.45 bits per heavy atom. The van der Waals surface area contributed by atoms with Crippen LogP contribution in [0.1, 0.15) is 37.9 Å². The molecule has 1 aliphatic heterocycles. The van der Waals surface area contributed by atoms with Crippen LogP contribution in [0, 0.1) is 0 Å². The molecule has 0 saturated carbocycles. The Bertz CT molecular complexity index is 1600. The molecule has 1 atom stereocenters. The summed E-state index contributed by atoms with van der Waals surface area (Å²) < 4.78 is 28.9. The number of nitrogens with zero attached hydrogens (tertiary/aromatic N) is 2. The molecule has 0 unspecified atom stereocenters. The summed E-state index contributed by atoms with van der Waals surface area (Å²) in [7, 11) is 1.28. The lowest BCUT2D eigenvalue weighted by Crippen LogP contribution is -2.39. The fourth-order valence-electron chi connectivity index (χ4n) is 4.20. The number of hydrogen-bond acceptors (Lipinski definition) is 10. The fraction of sp³-hybridized carbons (Fsp3) is 0.310. The van der Waals surface area contributed by atoms with Gasteiger partial charge >= 0.3 is 11.9 Å². The van der Waals surface area contributed by atoms with Gasteiger partial charge in [0.2, 0.25) is 0 Å². The van der Waals surface area contributed by atoms with Crippen molar-refractivity contribution in [2.75, 3.05) is 33.5 Å². The largest absolute Gasteiger partial charge is 0.490 e. The van der Waals surface area contributed by atoms with Gasteiger partial charge in [0.25, 0.3) is 5.56 Å². The van der Waals surface area contributed by atoms with Gasteiger partial charge in [-0.2, -0.15) is 0 Å². The first kappa shape index (κ1) is 28.6. The van der Waals surface area contributed by atoms with E-state index in [0.29, 0.717) is 50.9 Å². The summed E-state index contributed by atoms with van der Waals surface area (Å²) in [6, 6.07) is 11.5. The van der Waals surface area contributed by atoms with Gasteiger partial charge in [-0.15, -0.1) is 0 Å². The van der Waals surface area contributed by atoms with Crippen LogP contribution >= 0.6 is 11.3 Å². The number of benzene rings is 2. The van der Waals surface area contributed by atoms with E-state index in [4.69, 9.17) is 23.7 Å². The predicted molar refractivity (Wildman–Crippen MR) is 149 cm³/mol. The summed E-state index contributed by atoms with van der Waals surface area (Å²) in [5, 5.41) is 0. The van der Waals surface area contributed by atoms with E-state index in [2.05, 4.69) is 4.99 Å². The minimum absolute atomic E-state index is 0.200. The Morgan fingerprint density at radius 2 is 1.73 bits per heavy atom. The molecular formula is C29H30N2O8S. The van der Waals surface area contributed by atoms with Crippen molar-refractivity contribution >= 4 is 29.4 Å². The first-order valence-corrected chi connectivity index (χ1v) is 13.6. The van der Waals surface area contributed by atoms with Gasteiger partial charge in [0.15, 0.2) is 22.9 Å². The average molecular weight is 567 g/mol. The Balaban J connectivity index is 1.82. The fourth-order valence-corrected chi connectivity index (χ4v) is 5.16. The quantitative estimate of drug-likeness (QED) is 0.326. The molecule has 40 heavy (non-hydrogen) atoms. The molecule has 2 aromatic carbocycles. The third-order valence-electron chi connectivity index (χ3n) is 5.86. The van der Waals surface area contributed by atoms with E-state index in [1.807, 2.05) is 13.8 Å². The van der Waals surface area contributed by atoms with E-state index in [1.165, 1.54) is 29.2 Å². The van der Waals surface area contributed by atoms with E-state index < -0.39 is 18.0 Å². The second kappa shape index (κ2) is 13.1. The second-order valence-electron chi connectivity index (χ2n) is 8.38. The van der Waals surface area contributed by atoms with Gasteiger partial charge in [0, 0.05) is 11.8 Å². The number of para-hydroxylation sites is 1. The Labute approximate surface area is 234 Å². The molecule has 10 nitrogen and oxygen atoms in total. The van der Waals surface area contributed by atoms with E-state index in [9.17, 15) is 14.4 Å². The van der Waals surface area contributed by atoms with Crippen molar-refractivity contribution in [2.45, 2.75) is 26.8 Å². The molecule has 0 saturated heterocycles. The van der Waals surface area contributed by atoms with Crippen LogP contribution < -0.4 is 29.1 Å². The summed E-state index contributed by atoms with van der Waals surface area (Å²) in [5.74, 6) is 0.379. The molecule has 0 N–H and O–H groups in total. The lowest BCUT2D eigenvalue weighted by atomic mass is 9.97. The Morgan fingerprint density at radius 1 is 0.975 bits per heavy atom. The van der Waals surface area contributed by atoms with Gasteiger partial charge in [-0.3, -0.25) is 9.36 Å². The molecule has 2 heterocycles. The van der Waals surface area contributed by atoms with Crippen LogP contribution in [0.25, 0.3) is 6.08 Å². The highest BCUT2D eigenvalue weighted by Crippen LogP contribution is 2.35. The summed E-state index contributed by atoms with van der Waals surface area (Å²) in [6.45, 7) is 6.30. The monoisotopic (exact) mass is 566 g/mol. The van der Waals surface area contributed by atoms with Crippen LogP contribution in [-0.2, 0) is 19.1 Å². The SMILES string of the molecule is CCOC(=O)COc1ccccc1/C=c1/sc2n(c1=O)[C@@H](c1ccc(OCC)c(OCC)c1)C(C(=O)OC)=CN=2. The highest BCUT2D eigenvalue weighted by Gasteiger charge is 2.31. The summed E-state index contributed by atoms with van der Waals surface area (Å²) >= 11 is 1.17. The van der Waals surface area contributed by atoms with Crippen LogP contribution in [0.4, 0.5) is 0 Å². The molecule has 0 fully saturated rings. The normalized spacial score (nSPS) is 14.4. The zero-order valence-corrected chi connectivity index (χ0v) is 23.5. The molecule has 0 radical (unpaired) electrons. The number of esters is 2. The third kappa shape index (κ3) is 6.09. The minimum Gasteiger partial charge on any atom is -0.490 e. The number of carbonyl (C=O) groups excluding carboxylic acids is 2. The number of thiazole rings is 1. The van der Waals surface area contributed by atoms with Gasteiger partial charge in [0.1, 0.15) is 5.75 Å². The lowest BCUT2D eigenvalue weighted by Gasteiger charge is -2.23. The molecule has 0 aliphatic carbocycles. The van der Waals surface area contributed by atoms with E-state index in [-0.39, 0.29) is 24.3 Å². The number of ether oxygens (including phenoxy) is 5. The molecule has 0 spiro atoms. The topological polar surface area (TPSA) is 115 Å². The number of aromatic nitrogens is 1. The predicted octanol–water partition coefficient (Wildman–Crippen LogP) is 2.76. The zero-order valence-electron chi connectivity index (χ0n) is 22.7. The van der Waals surface area contributed by atoms with Crippen molar-refractivity contribution < 1.29 is 33.3 Å². The molecule has 11 heteroatoms. The Hall–Kier alpha value is -4.38. The van der Waals surface area contributed by atoms with Gasteiger partial charge in [-0.25, -0.2) is 14.6 Å². The van der Waals surface area contributed by atoms with Crippen molar-refractivity contribution in [1.29, 1.82) is 0 Å². The second-order valence-corrected chi connectivity index (χ2v) is 9.39. The van der Waals surface area contributed by atoms with Crippen LogP contribution in [-0.4, -0.2) is 50.0 Å². The van der Waals surface area contributed by atoms with E-state index in [1.54, 1.807) is 55.5 Å². The molecule has 3 aromatic rings. The third-order valence-corrected chi connectivity index (χ3v) is 6.86. The summed E-state index contributed by atoms with van der Waals surface area (Å²) in [5.41, 5.74) is 1.08. The molecule has 0 amide bonds. The van der Waals surface area contributed by atoms with Crippen molar-refractivity contribution in [3.05, 3.63) is 85.1 Å². The van der Waals surface area contributed by atoms with E-state index in [0.717, 1.165) is 0 Å². The number of rotatable bonds is 11. The molecule has 1 aliphatic rings. The highest BCUT2D eigenvalue weighted by molar-refractivity contribution is 7.07. The van der Waals surface area contributed by atoms with E-state index >= 15 is 0 Å². The lowest BCUT2D eigenvalue weighted by molar-refractivity contribution is -0.145. The van der Waals surface area contributed by atoms with Gasteiger partial charge in [-0.05, 0) is 50.6 Å². The average Bonchev–Trinajstić information content (AvgIpc) is 3.27. The highest BCUT2D eigenvalue weighted by atomic mass is 32.1. The van der Waals surface area contributed by atoms with Crippen LogP contribution in [0.5, 0.6) is 17.2 Å². The maximum Gasteiger partial charge on any atom is 0.344 e. The van der Waals surface area contributed by atoms with Crippen molar-refractivity contribution in [2.24, 2.45) is 4.99 Å². The molecule has 0 bridgehead atoms. The first-order valence-electron chi connectivity index (χ1n) is 12.8. The Kier molecular flexibility index (Phi) is 9.39. The van der Waals surface area contributed by atoms with Gasteiger partial charge in [0.05, 0.1) is 43.1 Å². The molecule has 210 valence electrons. The minimum atomic E-state index is -0.809. The zero-order chi connectivity index (χ0) is 28.6. The molecular weight excluding hydrogens is 536 g/mol. The van der Waals surface area contributed by atoms with Crippen molar-refractivity contribution in [3.8, 4) is 17.2 Å². The molecule has 1 aromatic heterocycles. The summed E-state index contributed by atoms with van der Waals surface area (Å²) in [4.78, 5) is 43.2. The summed E-state index contributed by atoms with van der Waals surface area (Å²) in [6.07, 6.45) is 3.10. The number of carbonyl (C=O) groups is 2.